The molecule has 0 bridgehead atoms. The van der Waals surface area contributed by atoms with Gasteiger partial charge in [0.1, 0.15) is 0 Å². The Morgan fingerprint density at radius 3 is 2.72 bits per heavy atom. The third kappa shape index (κ3) is 6.66. The fraction of sp³-hybridized carbons (Fsp3) is 0.778. The largest absolute Gasteiger partial charge is 0.379 e. The predicted molar refractivity (Wildman–Crippen MR) is 102 cm³/mol. The first-order chi connectivity index (χ1) is 12.0. The Labute approximate surface area is 151 Å². The molecule has 0 spiro atoms. The first kappa shape index (κ1) is 19.7. The van der Waals surface area contributed by atoms with Gasteiger partial charge in [-0.15, -0.1) is 0 Å². The van der Waals surface area contributed by atoms with Crippen molar-refractivity contribution < 1.29 is 4.74 Å². The van der Waals surface area contributed by atoms with Gasteiger partial charge in [0.2, 0.25) is 0 Å². The van der Waals surface area contributed by atoms with E-state index in [1.807, 2.05) is 23.1 Å². The number of rotatable bonds is 8. The van der Waals surface area contributed by atoms with E-state index in [4.69, 9.17) is 9.73 Å². The van der Waals surface area contributed by atoms with Gasteiger partial charge in [-0.2, -0.15) is 5.10 Å². The van der Waals surface area contributed by atoms with Gasteiger partial charge < -0.3 is 15.4 Å². The van der Waals surface area contributed by atoms with Gasteiger partial charge >= 0.3 is 0 Å². The van der Waals surface area contributed by atoms with E-state index < -0.39 is 0 Å². The summed E-state index contributed by atoms with van der Waals surface area (Å²) in [4.78, 5) is 7.28. The van der Waals surface area contributed by atoms with Crippen LogP contribution in [-0.4, -0.2) is 72.1 Å². The summed E-state index contributed by atoms with van der Waals surface area (Å²) in [5.74, 6) is 1.35. The Bertz CT molecular complexity index is 508. The van der Waals surface area contributed by atoms with E-state index in [2.05, 4.69) is 48.3 Å². The molecule has 0 radical (unpaired) electrons. The summed E-state index contributed by atoms with van der Waals surface area (Å²) in [5.41, 5.74) is 0.0345. The minimum Gasteiger partial charge on any atom is -0.379 e. The Morgan fingerprint density at radius 1 is 1.32 bits per heavy atom. The number of hydrogen-bond acceptors (Lipinski definition) is 4. The highest BCUT2D eigenvalue weighted by Crippen LogP contribution is 2.16. The van der Waals surface area contributed by atoms with Crippen molar-refractivity contribution in [1.82, 2.24) is 25.3 Å². The third-order valence-corrected chi connectivity index (χ3v) is 4.51. The number of morpholine rings is 1. The molecule has 25 heavy (non-hydrogen) atoms. The van der Waals surface area contributed by atoms with E-state index in [-0.39, 0.29) is 5.54 Å². The van der Waals surface area contributed by atoms with Crippen LogP contribution in [0.1, 0.15) is 27.7 Å². The van der Waals surface area contributed by atoms with E-state index in [0.29, 0.717) is 5.92 Å². The first-order valence-electron chi connectivity index (χ1n) is 9.33. The van der Waals surface area contributed by atoms with E-state index in [1.54, 1.807) is 0 Å². The van der Waals surface area contributed by atoms with Crippen molar-refractivity contribution in [2.75, 3.05) is 45.9 Å². The molecule has 0 aliphatic carbocycles. The monoisotopic (exact) mass is 350 g/mol. The van der Waals surface area contributed by atoms with Crippen LogP contribution in [0.2, 0.25) is 0 Å². The number of aliphatic imine (C=N–C) groups is 1. The number of guanidine groups is 1. The maximum atomic E-state index is 5.46. The standard InChI is InChI=1S/C18H34N6O/c1-5-19-17(20-13-16(2)14-24-8-6-7-22-24)21-15-18(3,4)23-9-11-25-12-10-23/h6-8,16H,5,9-15H2,1-4H3,(H2,19,20,21). The van der Waals surface area contributed by atoms with Gasteiger partial charge in [0.15, 0.2) is 5.96 Å². The lowest BCUT2D eigenvalue weighted by atomic mass is 10.0. The summed E-state index contributed by atoms with van der Waals surface area (Å²) in [7, 11) is 0. The van der Waals surface area contributed by atoms with Gasteiger partial charge in [-0.1, -0.05) is 6.92 Å². The smallest absolute Gasteiger partial charge is 0.191 e. The zero-order valence-electron chi connectivity index (χ0n) is 16.2. The van der Waals surface area contributed by atoms with Gasteiger partial charge in [0, 0.05) is 50.7 Å². The molecule has 2 N–H and O–H groups in total. The molecule has 1 aromatic heterocycles. The Morgan fingerprint density at radius 2 is 2.08 bits per heavy atom. The molecule has 7 nitrogen and oxygen atoms in total. The normalized spacial score (nSPS) is 18.2. The minimum absolute atomic E-state index is 0.0345. The highest BCUT2D eigenvalue weighted by atomic mass is 16.5. The summed E-state index contributed by atoms with van der Waals surface area (Å²) in [6.45, 7) is 15.8. The number of hydrogen-bond donors (Lipinski definition) is 2. The lowest BCUT2D eigenvalue weighted by Crippen LogP contribution is -2.52. The van der Waals surface area contributed by atoms with Crippen LogP contribution < -0.4 is 10.6 Å². The van der Waals surface area contributed by atoms with Crippen LogP contribution in [0, 0.1) is 5.92 Å². The molecule has 1 aromatic rings. The third-order valence-electron chi connectivity index (χ3n) is 4.51. The van der Waals surface area contributed by atoms with Crippen LogP contribution in [0.25, 0.3) is 0 Å². The molecular formula is C18H34N6O. The van der Waals surface area contributed by atoms with E-state index in [9.17, 15) is 0 Å². The molecule has 2 heterocycles. The molecule has 0 saturated carbocycles. The maximum Gasteiger partial charge on any atom is 0.191 e. The second kappa shape index (κ2) is 9.77. The molecule has 7 heteroatoms. The molecule has 0 amide bonds. The summed E-state index contributed by atoms with van der Waals surface area (Å²) in [5, 5.41) is 11.1. The lowest BCUT2D eigenvalue weighted by Gasteiger charge is -2.39. The number of aromatic nitrogens is 2. The lowest BCUT2D eigenvalue weighted by molar-refractivity contribution is -0.00683. The zero-order chi connectivity index (χ0) is 18.1. The average Bonchev–Trinajstić information content (AvgIpc) is 3.11. The van der Waals surface area contributed by atoms with E-state index in [0.717, 1.165) is 58.4 Å². The number of nitrogens with zero attached hydrogens (tertiary/aromatic N) is 4. The Balaban J connectivity index is 1.84. The quantitative estimate of drug-likeness (QED) is 0.544. The minimum atomic E-state index is 0.0345. The predicted octanol–water partition coefficient (Wildman–Crippen LogP) is 1.19. The van der Waals surface area contributed by atoms with Crippen molar-refractivity contribution in [2.45, 2.75) is 39.8 Å². The topological polar surface area (TPSA) is 66.7 Å². The average molecular weight is 351 g/mol. The molecule has 1 aliphatic rings. The van der Waals surface area contributed by atoms with Crippen LogP contribution in [0.3, 0.4) is 0 Å². The summed E-state index contributed by atoms with van der Waals surface area (Å²) >= 11 is 0. The van der Waals surface area contributed by atoms with Crippen molar-refractivity contribution in [2.24, 2.45) is 10.9 Å². The molecule has 1 fully saturated rings. The fourth-order valence-corrected chi connectivity index (χ4v) is 2.95. The molecule has 1 atom stereocenters. The van der Waals surface area contributed by atoms with Gasteiger partial charge in [-0.05, 0) is 32.8 Å². The van der Waals surface area contributed by atoms with Crippen molar-refractivity contribution in [1.29, 1.82) is 0 Å². The van der Waals surface area contributed by atoms with Crippen LogP contribution in [0.4, 0.5) is 0 Å². The first-order valence-corrected chi connectivity index (χ1v) is 9.33. The molecule has 142 valence electrons. The summed E-state index contributed by atoms with van der Waals surface area (Å²) in [6.07, 6.45) is 3.82. The van der Waals surface area contributed by atoms with Crippen molar-refractivity contribution in [3.63, 3.8) is 0 Å². The van der Waals surface area contributed by atoms with Crippen molar-refractivity contribution >= 4 is 5.96 Å². The van der Waals surface area contributed by atoms with Gasteiger partial charge in [-0.3, -0.25) is 14.6 Å². The summed E-state index contributed by atoms with van der Waals surface area (Å²) < 4.78 is 7.43. The van der Waals surface area contributed by atoms with Gasteiger partial charge in [0.05, 0.1) is 19.8 Å². The molecule has 0 aromatic carbocycles. The molecular weight excluding hydrogens is 316 g/mol. The van der Waals surface area contributed by atoms with Crippen LogP contribution in [-0.2, 0) is 11.3 Å². The molecule has 1 aliphatic heterocycles. The van der Waals surface area contributed by atoms with Crippen molar-refractivity contribution in [3.05, 3.63) is 18.5 Å². The number of ether oxygens (including phenoxy) is 1. The van der Waals surface area contributed by atoms with Crippen molar-refractivity contribution in [3.8, 4) is 0 Å². The number of nitrogens with one attached hydrogen (secondary N) is 2. The summed E-state index contributed by atoms with van der Waals surface area (Å²) in [6, 6.07) is 1.96. The van der Waals surface area contributed by atoms with Gasteiger partial charge in [-0.25, -0.2) is 0 Å². The van der Waals surface area contributed by atoms with Gasteiger partial charge in [0.25, 0.3) is 0 Å². The fourth-order valence-electron chi connectivity index (χ4n) is 2.95. The second-order valence-electron chi connectivity index (χ2n) is 7.32. The SMILES string of the molecule is CCNC(=NCC(C)(C)N1CCOCC1)NCC(C)Cn1cccn1. The molecule has 1 unspecified atom stereocenters. The maximum absolute atomic E-state index is 5.46. The van der Waals surface area contributed by atoms with E-state index >= 15 is 0 Å². The Kier molecular flexibility index (Phi) is 7.71. The van der Waals surface area contributed by atoms with E-state index in [1.165, 1.54) is 0 Å². The second-order valence-corrected chi connectivity index (χ2v) is 7.32. The highest BCUT2D eigenvalue weighted by molar-refractivity contribution is 5.79. The molecule has 2 rings (SSSR count). The molecule has 1 saturated heterocycles. The van der Waals surface area contributed by atoms with Crippen LogP contribution in [0.5, 0.6) is 0 Å². The Hall–Kier alpha value is -1.60. The van der Waals surface area contributed by atoms with Crippen LogP contribution in [0.15, 0.2) is 23.5 Å². The highest BCUT2D eigenvalue weighted by Gasteiger charge is 2.28. The zero-order valence-corrected chi connectivity index (χ0v) is 16.2. The van der Waals surface area contributed by atoms with Crippen LogP contribution >= 0.6 is 0 Å².